The maximum absolute atomic E-state index is 5.78. The van der Waals surface area contributed by atoms with E-state index in [9.17, 15) is 0 Å². The largest absolute Gasteiger partial charge is 0.332 e. The Balaban J connectivity index is 2.11. The number of nitrogens with one attached hydrogen (secondary N) is 1. The van der Waals surface area contributed by atoms with Gasteiger partial charge in [0, 0.05) is 16.1 Å². The van der Waals surface area contributed by atoms with E-state index in [1.807, 2.05) is 29.6 Å². The van der Waals surface area contributed by atoms with E-state index in [1.165, 1.54) is 11.3 Å². The highest BCUT2D eigenvalue weighted by molar-refractivity contribution is 7.13. The summed E-state index contributed by atoms with van der Waals surface area (Å²) in [6, 6.07) is 7.48. The Hall–Kier alpha value is -0.770. The Morgan fingerprint density at radius 2 is 2.00 bits per heavy atom. The number of aromatic nitrogens is 1. The molecule has 2 aromatic rings. The van der Waals surface area contributed by atoms with Crippen molar-refractivity contribution in [2.75, 3.05) is 5.32 Å². The van der Waals surface area contributed by atoms with Gasteiger partial charge < -0.3 is 5.32 Å². The van der Waals surface area contributed by atoms with Gasteiger partial charge in [-0.15, -0.1) is 22.9 Å². The van der Waals surface area contributed by atoms with Gasteiger partial charge in [0.05, 0.1) is 11.6 Å². The average Bonchev–Trinajstić information content (AvgIpc) is 2.69. The highest BCUT2D eigenvalue weighted by atomic mass is 35.5. The Bertz CT molecular complexity index is 439. The number of benzene rings is 1. The molecule has 0 saturated heterocycles. The van der Waals surface area contributed by atoms with Gasteiger partial charge in [0.15, 0.2) is 5.13 Å². The molecular formula is C10H8Cl2N2S. The van der Waals surface area contributed by atoms with Crippen molar-refractivity contribution in [2.45, 2.75) is 5.88 Å². The molecule has 1 aromatic heterocycles. The summed E-state index contributed by atoms with van der Waals surface area (Å²) in [5, 5.41) is 6.68. The molecule has 0 bridgehead atoms. The minimum atomic E-state index is 0.443. The topological polar surface area (TPSA) is 24.9 Å². The number of hydrogen-bond acceptors (Lipinski definition) is 3. The van der Waals surface area contributed by atoms with E-state index >= 15 is 0 Å². The van der Waals surface area contributed by atoms with Crippen LogP contribution in [0.15, 0.2) is 29.6 Å². The van der Waals surface area contributed by atoms with Crippen LogP contribution in [0.25, 0.3) is 0 Å². The molecule has 0 aliphatic carbocycles. The van der Waals surface area contributed by atoms with Crippen molar-refractivity contribution in [3.8, 4) is 0 Å². The van der Waals surface area contributed by atoms with Gasteiger partial charge in [-0.2, -0.15) is 0 Å². The molecule has 0 atom stereocenters. The Kier molecular flexibility index (Phi) is 3.46. The number of alkyl halides is 1. The molecule has 5 heteroatoms. The van der Waals surface area contributed by atoms with Gasteiger partial charge in [-0.3, -0.25) is 0 Å². The van der Waals surface area contributed by atoms with Crippen LogP contribution >= 0.6 is 34.5 Å². The molecule has 0 amide bonds. The maximum atomic E-state index is 5.78. The lowest BCUT2D eigenvalue weighted by molar-refractivity contribution is 1.22. The van der Waals surface area contributed by atoms with Crippen molar-refractivity contribution < 1.29 is 0 Å². The van der Waals surface area contributed by atoms with Gasteiger partial charge in [-0.05, 0) is 24.3 Å². The molecule has 0 unspecified atom stereocenters. The molecule has 1 heterocycles. The van der Waals surface area contributed by atoms with E-state index in [2.05, 4.69) is 10.3 Å². The predicted molar refractivity (Wildman–Crippen MR) is 66.4 cm³/mol. The lowest BCUT2D eigenvalue weighted by Crippen LogP contribution is -1.89. The van der Waals surface area contributed by atoms with Crippen molar-refractivity contribution in [3.63, 3.8) is 0 Å². The smallest absolute Gasteiger partial charge is 0.187 e. The second kappa shape index (κ2) is 4.84. The minimum Gasteiger partial charge on any atom is -0.332 e. The third-order valence-electron chi connectivity index (χ3n) is 1.78. The summed E-state index contributed by atoms with van der Waals surface area (Å²) in [5.74, 6) is 0.443. The van der Waals surface area contributed by atoms with Crippen molar-refractivity contribution in [2.24, 2.45) is 0 Å². The first-order valence-electron chi connectivity index (χ1n) is 4.31. The van der Waals surface area contributed by atoms with E-state index < -0.39 is 0 Å². The zero-order valence-electron chi connectivity index (χ0n) is 7.71. The third-order valence-corrected chi connectivity index (χ3v) is 3.12. The summed E-state index contributed by atoms with van der Waals surface area (Å²) in [6.07, 6.45) is 0. The molecule has 0 fully saturated rings. The fraction of sp³-hybridized carbons (Fsp3) is 0.100. The Morgan fingerprint density at radius 3 is 2.60 bits per heavy atom. The number of rotatable bonds is 3. The van der Waals surface area contributed by atoms with Crippen LogP contribution in [-0.4, -0.2) is 4.98 Å². The summed E-state index contributed by atoms with van der Waals surface area (Å²) in [5.41, 5.74) is 1.85. The highest BCUT2D eigenvalue weighted by Gasteiger charge is 2.00. The van der Waals surface area contributed by atoms with Gasteiger partial charge >= 0.3 is 0 Å². The predicted octanol–water partition coefficient (Wildman–Crippen LogP) is 4.28. The van der Waals surface area contributed by atoms with Crippen molar-refractivity contribution in [1.82, 2.24) is 4.98 Å². The van der Waals surface area contributed by atoms with E-state index in [-0.39, 0.29) is 0 Å². The van der Waals surface area contributed by atoms with Gasteiger partial charge in [0.1, 0.15) is 0 Å². The van der Waals surface area contributed by atoms with Gasteiger partial charge in [0.25, 0.3) is 0 Å². The monoisotopic (exact) mass is 258 g/mol. The molecule has 0 spiro atoms. The summed E-state index contributed by atoms with van der Waals surface area (Å²) in [6.45, 7) is 0. The summed E-state index contributed by atoms with van der Waals surface area (Å²) in [4.78, 5) is 4.29. The Morgan fingerprint density at radius 1 is 1.27 bits per heavy atom. The Labute approximate surface area is 102 Å². The van der Waals surface area contributed by atoms with Crippen molar-refractivity contribution in [3.05, 3.63) is 40.4 Å². The van der Waals surface area contributed by atoms with E-state index in [4.69, 9.17) is 23.2 Å². The zero-order chi connectivity index (χ0) is 10.7. The van der Waals surface area contributed by atoms with Crippen LogP contribution in [0, 0.1) is 0 Å². The van der Waals surface area contributed by atoms with Gasteiger partial charge in [0.2, 0.25) is 0 Å². The van der Waals surface area contributed by atoms with Crippen LogP contribution in [0.4, 0.5) is 10.8 Å². The third kappa shape index (κ3) is 2.84. The molecule has 0 aliphatic heterocycles. The van der Waals surface area contributed by atoms with E-state index in [0.29, 0.717) is 5.88 Å². The molecule has 2 nitrogen and oxygen atoms in total. The highest BCUT2D eigenvalue weighted by Crippen LogP contribution is 2.22. The number of hydrogen-bond donors (Lipinski definition) is 1. The normalized spacial score (nSPS) is 10.3. The van der Waals surface area contributed by atoms with Gasteiger partial charge in [-0.25, -0.2) is 4.98 Å². The first-order chi connectivity index (χ1) is 7.28. The second-order valence-corrected chi connectivity index (χ2v) is 4.47. The number of nitrogens with zero attached hydrogens (tertiary/aromatic N) is 1. The summed E-state index contributed by atoms with van der Waals surface area (Å²) in [7, 11) is 0. The van der Waals surface area contributed by atoms with Crippen molar-refractivity contribution >= 4 is 45.4 Å². The SMILES string of the molecule is ClCc1csc(Nc2ccc(Cl)cc2)n1. The van der Waals surface area contributed by atoms with Crippen LogP contribution in [0.3, 0.4) is 0 Å². The molecule has 1 aromatic carbocycles. The fourth-order valence-electron chi connectivity index (χ4n) is 1.08. The molecule has 0 radical (unpaired) electrons. The van der Waals surface area contributed by atoms with Gasteiger partial charge in [-0.1, -0.05) is 11.6 Å². The second-order valence-electron chi connectivity index (χ2n) is 2.91. The number of thiazole rings is 1. The molecule has 2 rings (SSSR count). The quantitative estimate of drug-likeness (QED) is 0.832. The lowest BCUT2D eigenvalue weighted by atomic mass is 10.3. The average molecular weight is 259 g/mol. The first-order valence-corrected chi connectivity index (χ1v) is 6.10. The summed E-state index contributed by atoms with van der Waals surface area (Å²) >= 11 is 13.0. The van der Waals surface area contributed by atoms with E-state index in [1.54, 1.807) is 0 Å². The maximum Gasteiger partial charge on any atom is 0.187 e. The molecular weight excluding hydrogens is 251 g/mol. The van der Waals surface area contributed by atoms with Crippen molar-refractivity contribution in [1.29, 1.82) is 0 Å². The first kappa shape index (κ1) is 10.7. The lowest BCUT2D eigenvalue weighted by Gasteiger charge is -2.01. The van der Waals surface area contributed by atoms with Crippen LogP contribution in [0.2, 0.25) is 5.02 Å². The molecule has 15 heavy (non-hydrogen) atoms. The fourth-order valence-corrected chi connectivity index (χ4v) is 2.17. The van der Waals surface area contributed by atoms with E-state index in [0.717, 1.165) is 21.5 Å². The minimum absolute atomic E-state index is 0.443. The van der Waals surface area contributed by atoms with Crippen LogP contribution in [-0.2, 0) is 5.88 Å². The zero-order valence-corrected chi connectivity index (χ0v) is 10.0. The molecule has 0 saturated carbocycles. The summed E-state index contributed by atoms with van der Waals surface area (Å²) < 4.78 is 0. The molecule has 1 N–H and O–H groups in total. The molecule has 78 valence electrons. The van der Waals surface area contributed by atoms with Crippen LogP contribution in [0.1, 0.15) is 5.69 Å². The number of halogens is 2. The van der Waals surface area contributed by atoms with Crippen LogP contribution < -0.4 is 5.32 Å². The standard InChI is InChI=1S/C10H8Cl2N2S/c11-5-9-6-15-10(14-9)13-8-3-1-7(12)2-4-8/h1-4,6H,5H2,(H,13,14). The van der Waals surface area contributed by atoms with Crippen LogP contribution in [0.5, 0.6) is 0 Å². The molecule has 0 aliphatic rings. The number of anilines is 2.